The summed E-state index contributed by atoms with van der Waals surface area (Å²) in [4.78, 5) is 15.0. The lowest BCUT2D eigenvalue weighted by molar-refractivity contribution is -0.123. The van der Waals surface area contributed by atoms with Gasteiger partial charge in [-0.1, -0.05) is 37.3 Å². The minimum atomic E-state index is -3.23. The van der Waals surface area contributed by atoms with E-state index in [0.717, 1.165) is 23.3 Å². The fourth-order valence-corrected chi connectivity index (χ4v) is 3.96. The Bertz CT molecular complexity index is 926. The molecule has 1 amide bonds. The first-order chi connectivity index (χ1) is 13.4. The van der Waals surface area contributed by atoms with E-state index in [9.17, 15) is 13.2 Å². The van der Waals surface area contributed by atoms with Gasteiger partial charge in [0.15, 0.2) is 9.84 Å². The van der Waals surface area contributed by atoms with Crippen LogP contribution in [0, 0.1) is 0 Å². The van der Waals surface area contributed by atoms with Gasteiger partial charge in [-0.25, -0.2) is 8.42 Å². The van der Waals surface area contributed by atoms with Crippen molar-refractivity contribution in [2.24, 2.45) is 0 Å². The third kappa shape index (κ3) is 5.11. The number of fused-ring (bicyclic) bond motifs is 1. The summed E-state index contributed by atoms with van der Waals surface area (Å²) >= 11 is 0. The van der Waals surface area contributed by atoms with Gasteiger partial charge in [0, 0.05) is 24.9 Å². The maximum atomic E-state index is 12.6. The first-order valence-corrected chi connectivity index (χ1v) is 11.3. The van der Waals surface area contributed by atoms with E-state index in [1.807, 2.05) is 31.2 Å². The molecule has 0 fully saturated rings. The molecule has 28 heavy (non-hydrogen) atoms. The molecule has 1 unspecified atom stereocenters. The molecular weight excluding hydrogens is 376 g/mol. The van der Waals surface area contributed by atoms with E-state index in [1.54, 1.807) is 24.3 Å². The molecule has 2 aromatic carbocycles. The standard InChI is InChI=1S/C21H26N2O4S/c1-3-19(16-8-10-18(11-9-16)28(2,25)26)22-21(24)15-23-12-13-27-20-7-5-4-6-17(20)14-23/h4-11,19H,3,12-15H2,1-2H3,(H,22,24). The molecular formula is C21H26N2O4S. The molecule has 0 bridgehead atoms. The maximum Gasteiger partial charge on any atom is 0.234 e. The number of para-hydroxylation sites is 1. The minimum absolute atomic E-state index is 0.0570. The van der Waals surface area contributed by atoms with Crippen molar-refractivity contribution in [2.45, 2.75) is 30.8 Å². The Morgan fingerprint density at radius 1 is 1.18 bits per heavy atom. The zero-order valence-electron chi connectivity index (χ0n) is 16.2. The average Bonchev–Trinajstić information content (AvgIpc) is 2.87. The number of benzene rings is 2. The first-order valence-electron chi connectivity index (χ1n) is 9.39. The summed E-state index contributed by atoms with van der Waals surface area (Å²) in [6, 6.07) is 14.4. The highest BCUT2D eigenvalue weighted by atomic mass is 32.2. The molecule has 1 aliphatic heterocycles. The van der Waals surface area contributed by atoms with Gasteiger partial charge in [0.1, 0.15) is 12.4 Å². The van der Waals surface area contributed by atoms with Gasteiger partial charge in [0.25, 0.3) is 0 Å². The normalized spacial score (nSPS) is 15.8. The summed E-state index contributed by atoms with van der Waals surface area (Å²) < 4.78 is 29.0. The zero-order chi connectivity index (χ0) is 20.1. The molecule has 6 nitrogen and oxygen atoms in total. The molecule has 0 spiro atoms. The lowest BCUT2D eigenvalue weighted by atomic mass is 10.0. The Hall–Kier alpha value is -2.38. The molecule has 1 atom stereocenters. The third-order valence-electron chi connectivity index (χ3n) is 4.85. The monoisotopic (exact) mass is 402 g/mol. The maximum absolute atomic E-state index is 12.6. The van der Waals surface area contributed by atoms with Gasteiger partial charge in [-0.3, -0.25) is 9.69 Å². The molecule has 0 radical (unpaired) electrons. The lowest BCUT2D eigenvalue weighted by Crippen LogP contribution is -2.39. The summed E-state index contributed by atoms with van der Waals surface area (Å²) in [6.07, 6.45) is 1.90. The van der Waals surface area contributed by atoms with E-state index >= 15 is 0 Å². The van der Waals surface area contributed by atoms with Gasteiger partial charge in [-0.15, -0.1) is 0 Å². The number of hydrogen-bond acceptors (Lipinski definition) is 5. The van der Waals surface area contributed by atoms with E-state index < -0.39 is 9.84 Å². The van der Waals surface area contributed by atoms with Crippen molar-refractivity contribution >= 4 is 15.7 Å². The highest BCUT2D eigenvalue weighted by Crippen LogP contribution is 2.23. The number of hydrogen-bond donors (Lipinski definition) is 1. The van der Waals surface area contributed by atoms with Gasteiger partial charge in [-0.2, -0.15) is 0 Å². The van der Waals surface area contributed by atoms with Gasteiger partial charge >= 0.3 is 0 Å². The Balaban J connectivity index is 1.63. The number of amides is 1. The average molecular weight is 403 g/mol. The van der Waals surface area contributed by atoms with E-state index in [4.69, 9.17) is 4.74 Å². The second-order valence-corrected chi connectivity index (χ2v) is 9.05. The van der Waals surface area contributed by atoms with Crippen molar-refractivity contribution in [2.75, 3.05) is 26.0 Å². The van der Waals surface area contributed by atoms with Crippen LogP contribution in [0.2, 0.25) is 0 Å². The van der Waals surface area contributed by atoms with E-state index in [-0.39, 0.29) is 23.4 Å². The molecule has 0 aliphatic carbocycles. The number of sulfone groups is 1. The first kappa shape index (κ1) is 20.4. The van der Waals surface area contributed by atoms with Crippen LogP contribution in [0.1, 0.15) is 30.5 Å². The number of nitrogens with one attached hydrogen (secondary N) is 1. The Kier molecular flexibility index (Phi) is 6.36. The smallest absolute Gasteiger partial charge is 0.234 e. The number of ether oxygens (including phenoxy) is 1. The van der Waals surface area contributed by atoms with Crippen molar-refractivity contribution in [1.82, 2.24) is 10.2 Å². The summed E-state index contributed by atoms with van der Waals surface area (Å²) in [5, 5.41) is 3.06. The molecule has 2 aromatic rings. The molecule has 0 aromatic heterocycles. The van der Waals surface area contributed by atoms with Gasteiger partial charge in [0.2, 0.25) is 5.91 Å². The summed E-state index contributed by atoms with van der Waals surface area (Å²) in [5.41, 5.74) is 1.98. The van der Waals surface area contributed by atoms with Crippen LogP contribution < -0.4 is 10.1 Å². The number of rotatable bonds is 6. The quantitative estimate of drug-likeness (QED) is 0.804. The summed E-state index contributed by atoms with van der Waals surface area (Å²) in [5.74, 6) is 0.821. The van der Waals surface area contributed by atoms with Crippen LogP contribution in [0.4, 0.5) is 0 Å². The summed E-state index contributed by atoms with van der Waals surface area (Å²) in [7, 11) is -3.23. The molecule has 0 saturated carbocycles. The molecule has 0 saturated heterocycles. The zero-order valence-corrected chi connectivity index (χ0v) is 17.0. The Morgan fingerprint density at radius 3 is 2.57 bits per heavy atom. The molecule has 1 N–H and O–H groups in total. The summed E-state index contributed by atoms with van der Waals surface area (Å²) in [6.45, 7) is 4.18. The van der Waals surface area contributed by atoms with Crippen molar-refractivity contribution in [3.05, 3.63) is 59.7 Å². The molecule has 3 rings (SSSR count). The second kappa shape index (κ2) is 8.75. The van der Waals surface area contributed by atoms with Crippen LogP contribution in [0.25, 0.3) is 0 Å². The fraction of sp³-hybridized carbons (Fsp3) is 0.381. The fourth-order valence-electron chi connectivity index (χ4n) is 3.33. The molecule has 150 valence electrons. The van der Waals surface area contributed by atoms with Crippen LogP contribution in [0.5, 0.6) is 5.75 Å². The van der Waals surface area contributed by atoms with Crippen LogP contribution in [0.15, 0.2) is 53.4 Å². The number of carbonyl (C=O) groups is 1. The van der Waals surface area contributed by atoms with Crippen molar-refractivity contribution < 1.29 is 17.9 Å². The topological polar surface area (TPSA) is 75.7 Å². The van der Waals surface area contributed by atoms with Crippen molar-refractivity contribution in [1.29, 1.82) is 0 Å². The van der Waals surface area contributed by atoms with Crippen molar-refractivity contribution in [3.63, 3.8) is 0 Å². The highest BCUT2D eigenvalue weighted by molar-refractivity contribution is 7.90. The van der Waals surface area contributed by atoms with Crippen LogP contribution in [-0.4, -0.2) is 45.2 Å². The van der Waals surface area contributed by atoms with Gasteiger partial charge in [-0.05, 0) is 30.2 Å². The van der Waals surface area contributed by atoms with Gasteiger partial charge in [0.05, 0.1) is 17.5 Å². The van der Waals surface area contributed by atoms with E-state index in [1.165, 1.54) is 6.26 Å². The predicted molar refractivity (Wildman–Crippen MR) is 108 cm³/mol. The minimum Gasteiger partial charge on any atom is -0.492 e. The number of carbonyl (C=O) groups excluding carboxylic acids is 1. The van der Waals surface area contributed by atoms with E-state index in [2.05, 4.69) is 10.2 Å². The second-order valence-electron chi connectivity index (χ2n) is 7.04. The van der Waals surface area contributed by atoms with E-state index in [0.29, 0.717) is 19.7 Å². The molecule has 7 heteroatoms. The molecule has 1 aliphatic rings. The Labute approximate surface area is 166 Å². The molecule has 1 heterocycles. The number of nitrogens with zero attached hydrogens (tertiary/aromatic N) is 1. The van der Waals surface area contributed by atoms with Gasteiger partial charge < -0.3 is 10.1 Å². The van der Waals surface area contributed by atoms with Crippen LogP contribution in [0.3, 0.4) is 0 Å². The largest absolute Gasteiger partial charge is 0.492 e. The lowest BCUT2D eigenvalue weighted by Gasteiger charge is -2.22. The van der Waals surface area contributed by atoms with Crippen LogP contribution in [-0.2, 0) is 21.2 Å². The van der Waals surface area contributed by atoms with Crippen molar-refractivity contribution in [3.8, 4) is 5.75 Å². The predicted octanol–water partition coefficient (Wildman–Crippen LogP) is 2.55. The third-order valence-corrected chi connectivity index (χ3v) is 5.98. The SMILES string of the molecule is CCC(NC(=O)CN1CCOc2ccccc2C1)c1ccc(S(C)(=O)=O)cc1. The van der Waals surface area contributed by atoms with Crippen LogP contribution >= 0.6 is 0 Å². The highest BCUT2D eigenvalue weighted by Gasteiger charge is 2.19. The Morgan fingerprint density at radius 2 is 1.89 bits per heavy atom.